The fourth-order valence-electron chi connectivity index (χ4n) is 3.95. The summed E-state index contributed by atoms with van der Waals surface area (Å²) in [5, 5.41) is 4.07. The maximum atomic E-state index is 14.4. The fraction of sp³-hybridized carbons (Fsp3) is 0.333. The molecular weight excluding hydrogens is 451 g/mol. The van der Waals surface area contributed by atoms with Crippen LogP contribution in [0.25, 0.3) is 11.1 Å². The molecule has 182 valence electrons. The van der Waals surface area contributed by atoms with Gasteiger partial charge >= 0.3 is 0 Å². The predicted molar refractivity (Wildman–Crippen MR) is 129 cm³/mol. The van der Waals surface area contributed by atoms with Crippen molar-refractivity contribution in [3.8, 4) is 11.1 Å². The molecule has 10 nitrogen and oxygen atoms in total. The van der Waals surface area contributed by atoms with E-state index in [0.29, 0.717) is 11.3 Å². The third kappa shape index (κ3) is 5.34. The van der Waals surface area contributed by atoms with Crippen molar-refractivity contribution in [3.63, 3.8) is 0 Å². The molecule has 0 bridgehead atoms. The third-order valence-electron chi connectivity index (χ3n) is 5.94. The van der Waals surface area contributed by atoms with Crippen molar-refractivity contribution >= 4 is 23.6 Å². The van der Waals surface area contributed by atoms with Crippen LogP contribution >= 0.6 is 0 Å². The molecule has 2 heterocycles. The Labute approximate surface area is 201 Å². The van der Waals surface area contributed by atoms with Gasteiger partial charge in [-0.2, -0.15) is 19.5 Å². The van der Waals surface area contributed by atoms with Gasteiger partial charge in [-0.1, -0.05) is 24.3 Å². The third-order valence-corrected chi connectivity index (χ3v) is 5.94. The van der Waals surface area contributed by atoms with Crippen molar-refractivity contribution < 1.29 is 14.0 Å². The molecule has 4 rings (SSSR count). The zero-order chi connectivity index (χ0) is 25.3. The lowest BCUT2D eigenvalue weighted by Crippen LogP contribution is -2.26. The Morgan fingerprint density at radius 2 is 1.91 bits per heavy atom. The first kappa shape index (κ1) is 24.0. The standard InChI is InChI=1S/C24H27FN8O2/c1-13-19(21(25)30-24(27)29-13)14-4-6-15(7-5-14)20(16-8-9-16)22(26)31-23(35)17-10-28-33(11-17)12-18(34)32(2)3/h4-7,10-11,16,20H,8-9,12H2,1-3H3,(H2,26,31,35)(H2,27,29,30). The van der Waals surface area contributed by atoms with Gasteiger partial charge in [0, 0.05) is 26.2 Å². The minimum absolute atomic E-state index is 0.0235. The summed E-state index contributed by atoms with van der Waals surface area (Å²) in [4.78, 5) is 37.8. The van der Waals surface area contributed by atoms with Gasteiger partial charge in [0.05, 0.1) is 23.0 Å². The molecular formula is C24H27FN8O2. The molecule has 1 aromatic carbocycles. The van der Waals surface area contributed by atoms with E-state index in [0.717, 1.165) is 18.4 Å². The zero-order valence-electron chi connectivity index (χ0n) is 19.8. The molecule has 2 aromatic heterocycles. The Bertz CT molecular complexity index is 1270. The molecule has 1 aliphatic rings. The number of nitrogen functional groups attached to an aromatic ring is 1. The molecule has 1 saturated carbocycles. The highest BCUT2D eigenvalue weighted by molar-refractivity contribution is 6.04. The van der Waals surface area contributed by atoms with Crippen LogP contribution in [-0.2, 0) is 11.3 Å². The highest BCUT2D eigenvalue weighted by Crippen LogP contribution is 2.43. The molecule has 11 heteroatoms. The molecule has 0 spiro atoms. The second-order valence-electron chi connectivity index (χ2n) is 8.83. The number of nitrogens with two attached hydrogens (primary N) is 2. The number of nitrogens with zero attached hydrogens (tertiary/aromatic N) is 6. The quantitative estimate of drug-likeness (QED) is 0.301. The van der Waals surface area contributed by atoms with Gasteiger partial charge < -0.3 is 16.4 Å². The Hall–Kier alpha value is -4.15. The lowest BCUT2D eigenvalue weighted by atomic mass is 9.91. The molecule has 1 atom stereocenters. The second-order valence-corrected chi connectivity index (χ2v) is 8.83. The monoisotopic (exact) mass is 478 g/mol. The van der Waals surface area contributed by atoms with E-state index in [1.54, 1.807) is 33.2 Å². The molecule has 35 heavy (non-hydrogen) atoms. The molecule has 3 aromatic rings. The van der Waals surface area contributed by atoms with Crippen LogP contribution in [-0.4, -0.2) is 56.4 Å². The van der Waals surface area contributed by atoms with Crippen molar-refractivity contribution in [2.24, 2.45) is 16.6 Å². The van der Waals surface area contributed by atoms with Crippen molar-refractivity contribution in [2.75, 3.05) is 19.8 Å². The number of aromatic nitrogens is 4. The van der Waals surface area contributed by atoms with Gasteiger partial charge in [0.15, 0.2) is 0 Å². The maximum Gasteiger partial charge on any atom is 0.281 e. The average Bonchev–Trinajstić information content (AvgIpc) is 3.50. The normalized spacial score (nSPS) is 14.6. The number of hydrogen-bond acceptors (Lipinski definition) is 6. The van der Waals surface area contributed by atoms with E-state index < -0.39 is 11.9 Å². The molecule has 1 fully saturated rings. The molecule has 1 unspecified atom stereocenters. The van der Waals surface area contributed by atoms with E-state index >= 15 is 0 Å². The van der Waals surface area contributed by atoms with E-state index in [1.165, 1.54) is 22.0 Å². The van der Waals surface area contributed by atoms with Crippen LogP contribution in [0.4, 0.5) is 10.3 Å². The van der Waals surface area contributed by atoms with Crippen LogP contribution in [0.2, 0.25) is 0 Å². The number of anilines is 1. The Balaban J connectivity index is 1.55. The lowest BCUT2D eigenvalue weighted by Gasteiger charge is -2.17. The van der Waals surface area contributed by atoms with Gasteiger partial charge in [-0.25, -0.2) is 4.98 Å². The summed E-state index contributed by atoms with van der Waals surface area (Å²) in [7, 11) is 3.29. The summed E-state index contributed by atoms with van der Waals surface area (Å²) in [6, 6.07) is 7.25. The van der Waals surface area contributed by atoms with E-state index in [-0.39, 0.29) is 47.2 Å². The molecule has 1 aliphatic carbocycles. The molecule has 0 radical (unpaired) electrons. The van der Waals surface area contributed by atoms with Gasteiger partial charge in [0.25, 0.3) is 5.91 Å². The molecule has 0 saturated heterocycles. The summed E-state index contributed by atoms with van der Waals surface area (Å²) in [6.07, 6.45) is 4.80. The number of carbonyl (C=O) groups excluding carboxylic acids is 2. The van der Waals surface area contributed by atoms with Gasteiger partial charge in [-0.05, 0) is 36.8 Å². The number of hydrogen-bond donors (Lipinski definition) is 2. The number of rotatable bonds is 7. The van der Waals surface area contributed by atoms with Crippen molar-refractivity contribution in [1.82, 2.24) is 24.6 Å². The number of amidine groups is 1. The number of aryl methyl sites for hydroxylation is 1. The Morgan fingerprint density at radius 3 is 2.51 bits per heavy atom. The first-order valence-electron chi connectivity index (χ1n) is 11.1. The van der Waals surface area contributed by atoms with Gasteiger partial charge in [0.1, 0.15) is 12.4 Å². The van der Waals surface area contributed by atoms with Gasteiger partial charge in [-0.15, -0.1) is 0 Å². The fourth-order valence-corrected chi connectivity index (χ4v) is 3.95. The van der Waals surface area contributed by atoms with Gasteiger partial charge in [-0.3, -0.25) is 14.3 Å². The first-order chi connectivity index (χ1) is 16.6. The van der Waals surface area contributed by atoms with Crippen LogP contribution in [0.5, 0.6) is 0 Å². The summed E-state index contributed by atoms with van der Waals surface area (Å²) in [6.45, 7) is 1.70. The van der Waals surface area contributed by atoms with Crippen LogP contribution in [0.3, 0.4) is 0 Å². The smallest absolute Gasteiger partial charge is 0.281 e. The SMILES string of the molecule is Cc1nc(N)nc(F)c1-c1ccc(C(C(N)=NC(=O)c2cnn(CC(=O)N(C)C)c2)C2CC2)cc1. The minimum Gasteiger partial charge on any atom is -0.387 e. The summed E-state index contributed by atoms with van der Waals surface area (Å²) in [5.41, 5.74) is 14.3. The number of halogens is 1. The number of amides is 2. The largest absolute Gasteiger partial charge is 0.387 e. The number of aliphatic imine (C=N–C) groups is 1. The van der Waals surface area contributed by atoms with E-state index in [4.69, 9.17) is 11.5 Å². The van der Waals surface area contributed by atoms with Crippen LogP contribution in [0.1, 0.15) is 40.4 Å². The highest BCUT2D eigenvalue weighted by atomic mass is 19.1. The molecule has 4 N–H and O–H groups in total. The molecule has 0 aliphatic heterocycles. The number of carbonyl (C=O) groups is 2. The number of likely N-dealkylation sites (N-methyl/N-ethyl adjacent to an activating group) is 1. The van der Waals surface area contributed by atoms with E-state index in [2.05, 4.69) is 20.1 Å². The predicted octanol–water partition coefficient (Wildman–Crippen LogP) is 2.15. The number of benzene rings is 1. The first-order valence-corrected chi connectivity index (χ1v) is 11.1. The van der Waals surface area contributed by atoms with Crippen molar-refractivity contribution in [3.05, 3.63) is 59.4 Å². The Kier molecular flexibility index (Phi) is 6.59. The van der Waals surface area contributed by atoms with Crippen LogP contribution < -0.4 is 11.5 Å². The van der Waals surface area contributed by atoms with Gasteiger partial charge in [0.2, 0.25) is 17.8 Å². The van der Waals surface area contributed by atoms with Crippen molar-refractivity contribution in [2.45, 2.75) is 32.2 Å². The van der Waals surface area contributed by atoms with Crippen molar-refractivity contribution in [1.29, 1.82) is 0 Å². The summed E-state index contributed by atoms with van der Waals surface area (Å²) < 4.78 is 15.8. The van der Waals surface area contributed by atoms with E-state index in [9.17, 15) is 14.0 Å². The lowest BCUT2D eigenvalue weighted by molar-refractivity contribution is -0.129. The maximum absolute atomic E-state index is 14.4. The highest BCUT2D eigenvalue weighted by Gasteiger charge is 2.35. The second kappa shape index (κ2) is 9.61. The summed E-state index contributed by atoms with van der Waals surface area (Å²) in [5.74, 6) is -1.22. The molecule has 2 amide bonds. The van der Waals surface area contributed by atoms with Crippen LogP contribution in [0.15, 0.2) is 41.7 Å². The Morgan fingerprint density at radius 1 is 1.23 bits per heavy atom. The topological polar surface area (TPSA) is 145 Å². The minimum atomic E-state index is -0.680. The zero-order valence-corrected chi connectivity index (χ0v) is 19.8. The van der Waals surface area contributed by atoms with E-state index in [1.807, 2.05) is 12.1 Å². The van der Waals surface area contributed by atoms with Crippen LogP contribution in [0, 0.1) is 18.8 Å². The average molecular weight is 479 g/mol. The summed E-state index contributed by atoms with van der Waals surface area (Å²) >= 11 is 0.